The largest absolute Gasteiger partial charge is 0.508 e. The smallest absolute Gasteiger partial charge is 0.116 e. The van der Waals surface area contributed by atoms with Gasteiger partial charge in [0.1, 0.15) is 11.5 Å². The Labute approximate surface area is 176 Å². The molecule has 0 unspecified atom stereocenters. The van der Waals surface area contributed by atoms with Gasteiger partial charge in [-0.15, -0.1) is 0 Å². The molecule has 156 valence electrons. The van der Waals surface area contributed by atoms with Crippen molar-refractivity contribution >= 4 is 21.5 Å². The van der Waals surface area contributed by atoms with Gasteiger partial charge in [0.2, 0.25) is 0 Å². The van der Waals surface area contributed by atoms with Crippen LogP contribution in [0.2, 0.25) is 0 Å². The van der Waals surface area contributed by atoms with Crippen LogP contribution >= 0.6 is 0 Å². The molecule has 0 aliphatic carbocycles. The van der Waals surface area contributed by atoms with Gasteiger partial charge in [-0.2, -0.15) is 0 Å². The van der Waals surface area contributed by atoms with E-state index in [1.165, 1.54) is 6.42 Å². The minimum atomic E-state index is 0.323. The Morgan fingerprint density at radius 2 is 0.759 bits per heavy atom. The van der Waals surface area contributed by atoms with Crippen molar-refractivity contribution in [3.05, 3.63) is 84.9 Å². The molecule has 0 saturated heterocycles. The van der Waals surface area contributed by atoms with E-state index in [-0.39, 0.29) is 0 Å². The molecule has 0 saturated carbocycles. The molecule has 4 aromatic carbocycles. The third kappa shape index (κ3) is 9.66. The number of hydrogen-bond donors (Lipinski definition) is 2. The molecule has 2 nitrogen and oxygen atoms in total. The van der Waals surface area contributed by atoms with Crippen molar-refractivity contribution in [2.75, 3.05) is 0 Å². The van der Waals surface area contributed by atoms with E-state index < -0.39 is 0 Å². The topological polar surface area (TPSA) is 40.5 Å². The molecule has 0 atom stereocenters. The Hall–Kier alpha value is -3.00. The fraction of sp³-hybridized carbons (Fsp3) is 0.259. The predicted octanol–water partition coefficient (Wildman–Crippen LogP) is 8.56. The summed E-state index contributed by atoms with van der Waals surface area (Å²) in [5.41, 5.74) is 0. The van der Waals surface area contributed by atoms with Crippen LogP contribution in [-0.2, 0) is 0 Å². The second-order valence-electron chi connectivity index (χ2n) is 5.77. The molecule has 29 heavy (non-hydrogen) atoms. The summed E-state index contributed by atoms with van der Waals surface area (Å²) in [6.07, 6.45) is 1.25. The number of fused-ring (bicyclic) bond motifs is 2. The first-order chi connectivity index (χ1) is 14.1. The Bertz CT molecular complexity index is 852. The van der Waals surface area contributed by atoms with Crippen molar-refractivity contribution in [2.24, 2.45) is 0 Å². The monoisotopic (exact) mass is 392 g/mol. The molecule has 0 bridgehead atoms. The van der Waals surface area contributed by atoms with Crippen LogP contribution in [-0.4, -0.2) is 10.2 Å². The lowest BCUT2D eigenvalue weighted by molar-refractivity contribution is 0.475. The minimum absolute atomic E-state index is 0.323. The molecular weight excluding hydrogens is 356 g/mol. The van der Waals surface area contributed by atoms with E-state index in [4.69, 9.17) is 10.2 Å². The van der Waals surface area contributed by atoms with Crippen LogP contribution in [0.25, 0.3) is 21.5 Å². The van der Waals surface area contributed by atoms with Crippen LogP contribution in [0.4, 0.5) is 0 Å². The lowest BCUT2D eigenvalue weighted by Crippen LogP contribution is -1.69. The average molecular weight is 393 g/mol. The normalized spacial score (nSPS) is 8.76. The standard InChI is InChI=1S/2C10H8O.C3H8.2C2H6/c2*11-10-6-5-8-3-1-2-4-9(8)7-10;1-3-2;2*1-2/h2*1-7,11H;3H2,1-2H3;2*1-2H3. The highest BCUT2D eigenvalue weighted by atomic mass is 16.3. The second-order valence-corrected chi connectivity index (χ2v) is 5.77. The van der Waals surface area contributed by atoms with E-state index in [1.807, 2.05) is 88.4 Å². The Balaban J connectivity index is 0.000000416. The summed E-state index contributed by atoms with van der Waals surface area (Å²) in [6.45, 7) is 12.2. The van der Waals surface area contributed by atoms with Gasteiger partial charge in [0.25, 0.3) is 0 Å². The molecule has 0 fully saturated rings. The quantitative estimate of drug-likeness (QED) is 0.314. The molecule has 4 aromatic rings. The summed E-state index contributed by atoms with van der Waals surface area (Å²) in [5.74, 6) is 0.646. The summed E-state index contributed by atoms with van der Waals surface area (Å²) in [4.78, 5) is 0. The van der Waals surface area contributed by atoms with Gasteiger partial charge in [-0.1, -0.05) is 109 Å². The maximum absolute atomic E-state index is 9.13. The van der Waals surface area contributed by atoms with Crippen LogP contribution in [0.3, 0.4) is 0 Å². The van der Waals surface area contributed by atoms with E-state index in [9.17, 15) is 0 Å². The zero-order chi connectivity index (χ0) is 22.1. The van der Waals surface area contributed by atoms with Crippen molar-refractivity contribution in [2.45, 2.75) is 48.0 Å². The van der Waals surface area contributed by atoms with Crippen LogP contribution < -0.4 is 0 Å². The second kappa shape index (κ2) is 16.0. The lowest BCUT2D eigenvalue weighted by atomic mass is 10.1. The van der Waals surface area contributed by atoms with Gasteiger partial charge in [-0.05, 0) is 45.8 Å². The Kier molecular flexibility index (Phi) is 14.3. The number of phenolic OH excluding ortho intramolecular Hbond substituents is 2. The van der Waals surface area contributed by atoms with Gasteiger partial charge in [-0.3, -0.25) is 0 Å². The molecular formula is C27H36O2. The highest BCUT2D eigenvalue weighted by Gasteiger charge is 1.92. The summed E-state index contributed by atoms with van der Waals surface area (Å²) in [5, 5.41) is 22.7. The van der Waals surface area contributed by atoms with Gasteiger partial charge >= 0.3 is 0 Å². The molecule has 4 rings (SSSR count). The number of benzene rings is 4. The van der Waals surface area contributed by atoms with Gasteiger partial charge < -0.3 is 10.2 Å². The average Bonchev–Trinajstić information content (AvgIpc) is 2.77. The van der Waals surface area contributed by atoms with E-state index >= 15 is 0 Å². The molecule has 0 aliphatic heterocycles. The highest BCUT2D eigenvalue weighted by Crippen LogP contribution is 2.19. The van der Waals surface area contributed by atoms with Crippen molar-refractivity contribution in [1.82, 2.24) is 0 Å². The SMILES string of the molecule is CC.CC.CCC.Oc1ccc2ccccc2c1.Oc1ccc2ccccc2c1. The third-order valence-corrected chi connectivity index (χ3v) is 3.47. The van der Waals surface area contributed by atoms with Crippen LogP contribution in [0.5, 0.6) is 11.5 Å². The van der Waals surface area contributed by atoms with E-state index in [1.54, 1.807) is 24.3 Å². The van der Waals surface area contributed by atoms with Gasteiger partial charge in [0.05, 0.1) is 0 Å². The van der Waals surface area contributed by atoms with Gasteiger partial charge in [-0.25, -0.2) is 0 Å². The first-order valence-electron chi connectivity index (χ1n) is 10.5. The molecule has 0 amide bonds. The molecule has 2 heteroatoms. The number of hydrogen-bond acceptors (Lipinski definition) is 2. The summed E-state index contributed by atoms with van der Waals surface area (Å²) in [7, 11) is 0. The predicted molar refractivity (Wildman–Crippen MR) is 130 cm³/mol. The van der Waals surface area contributed by atoms with E-state index in [0.29, 0.717) is 11.5 Å². The summed E-state index contributed by atoms with van der Waals surface area (Å²) >= 11 is 0. The number of rotatable bonds is 0. The van der Waals surface area contributed by atoms with Gasteiger partial charge in [0.15, 0.2) is 0 Å². The Morgan fingerprint density at radius 1 is 0.483 bits per heavy atom. The van der Waals surface area contributed by atoms with E-state index in [0.717, 1.165) is 21.5 Å². The zero-order valence-electron chi connectivity index (χ0n) is 18.7. The van der Waals surface area contributed by atoms with Crippen LogP contribution in [0.15, 0.2) is 84.9 Å². The van der Waals surface area contributed by atoms with Gasteiger partial charge in [0, 0.05) is 0 Å². The maximum Gasteiger partial charge on any atom is 0.116 e. The molecule has 0 radical (unpaired) electrons. The summed E-state index contributed by atoms with van der Waals surface area (Å²) in [6, 6.07) is 26.6. The van der Waals surface area contributed by atoms with Crippen molar-refractivity contribution in [1.29, 1.82) is 0 Å². The fourth-order valence-electron chi connectivity index (χ4n) is 2.35. The van der Waals surface area contributed by atoms with Crippen LogP contribution in [0.1, 0.15) is 48.0 Å². The van der Waals surface area contributed by atoms with Crippen molar-refractivity contribution < 1.29 is 10.2 Å². The molecule has 2 N–H and O–H groups in total. The molecule has 0 heterocycles. The fourth-order valence-corrected chi connectivity index (χ4v) is 2.35. The molecule has 0 aliphatic rings. The van der Waals surface area contributed by atoms with Crippen molar-refractivity contribution in [3.8, 4) is 11.5 Å². The van der Waals surface area contributed by atoms with E-state index in [2.05, 4.69) is 13.8 Å². The molecule has 0 aromatic heterocycles. The first kappa shape index (κ1) is 26.0. The summed E-state index contributed by atoms with van der Waals surface area (Å²) < 4.78 is 0. The highest BCUT2D eigenvalue weighted by molar-refractivity contribution is 5.84. The Morgan fingerprint density at radius 3 is 1.07 bits per heavy atom. The van der Waals surface area contributed by atoms with Crippen molar-refractivity contribution in [3.63, 3.8) is 0 Å². The number of phenols is 2. The maximum atomic E-state index is 9.13. The minimum Gasteiger partial charge on any atom is -0.508 e. The first-order valence-corrected chi connectivity index (χ1v) is 10.5. The lowest BCUT2D eigenvalue weighted by Gasteiger charge is -1.96. The van der Waals surface area contributed by atoms with Crippen LogP contribution in [0, 0.1) is 0 Å². The third-order valence-electron chi connectivity index (χ3n) is 3.47. The molecule has 0 spiro atoms. The zero-order valence-corrected chi connectivity index (χ0v) is 18.7. The number of aromatic hydroxyl groups is 2.